The predicted octanol–water partition coefficient (Wildman–Crippen LogP) is 4.06. The lowest BCUT2D eigenvalue weighted by Crippen LogP contribution is -2.34. The van der Waals surface area contributed by atoms with E-state index >= 15 is 0 Å². The number of carbonyl (C=O) groups is 2. The zero-order valence-corrected chi connectivity index (χ0v) is 13.5. The average Bonchev–Trinajstić information content (AvgIpc) is 3.05. The number of imide groups is 1. The maximum absolute atomic E-state index is 13.1. The molecule has 23 heavy (non-hydrogen) atoms. The Morgan fingerprint density at radius 3 is 2.43 bits per heavy atom. The van der Waals surface area contributed by atoms with E-state index in [4.69, 9.17) is 0 Å². The highest BCUT2D eigenvalue weighted by Crippen LogP contribution is 2.33. The predicted molar refractivity (Wildman–Crippen MR) is 88.7 cm³/mol. The zero-order chi connectivity index (χ0) is 16.6. The molecule has 1 aromatic carbocycles. The molecule has 6 heteroatoms. The Balaban J connectivity index is 1.96. The van der Waals surface area contributed by atoms with Gasteiger partial charge in [0.1, 0.15) is 5.82 Å². The van der Waals surface area contributed by atoms with Crippen LogP contribution in [0.5, 0.6) is 0 Å². The minimum Gasteiger partial charge on any atom is -0.317 e. The van der Waals surface area contributed by atoms with E-state index in [9.17, 15) is 14.0 Å². The molecule has 1 saturated heterocycles. The highest BCUT2D eigenvalue weighted by molar-refractivity contribution is 8.18. The highest BCUT2D eigenvalue weighted by atomic mass is 32.2. The van der Waals surface area contributed by atoms with Crippen molar-refractivity contribution in [3.63, 3.8) is 0 Å². The Labute approximate surface area is 137 Å². The number of thioether (sulfide) groups is 1. The van der Waals surface area contributed by atoms with Gasteiger partial charge in [-0.25, -0.2) is 4.39 Å². The van der Waals surface area contributed by atoms with Crippen LogP contribution >= 0.6 is 11.8 Å². The molecule has 0 N–H and O–H groups in total. The van der Waals surface area contributed by atoms with Crippen molar-refractivity contribution in [2.24, 2.45) is 0 Å². The lowest BCUT2D eigenvalue weighted by Gasteiger charge is -2.16. The second-order valence-electron chi connectivity index (χ2n) is 5.42. The molecular formula is C17H15FN2O2S. The quantitative estimate of drug-likeness (QED) is 0.797. The first-order valence-corrected chi connectivity index (χ1v) is 7.99. The lowest BCUT2D eigenvalue weighted by molar-refractivity contribution is -0.123. The van der Waals surface area contributed by atoms with Gasteiger partial charge in [0, 0.05) is 23.6 Å². The molecule has 2 aromatic rings. The lowest BCUT2D eigenvalue weighted by atomic mass is 10.2. The van der Waals surface area contributed by atoms with Gasteiger partial charge in [-0.15, -0.1) is 0 Å². The standard InChI is InChI=1S/C17H15FN2O2S/c1-11(2)20-16(21)15(23-17(20)22)10-14-4-3-9-19(14)13-7-5-12(18)6-8-13/h3-11H,1-2H3. The third-order valence-electron chi connectivity index (χ3n) is 3.50. The number of amides is 2. The van der Waals surface area contributed by atoms with Crippen LogP contribution in [0.2, 0.25) is 0 Å². The number of halogens is 1. The molecule has 1 fully saturated rings. The second-order valence-corrected chi connectivity index (χ2v) is 6.42. The van der Waals surface area contributed by atoms with Gasteiger partial charge < -0.3 is 4.57 Å². The number of rotatable bonds is 3. The van der Waals surface area contributed by atoms with Crippen LogP contribution in [0.15, 0.2) is 47.5 Å². The summed E-state index contributed by atoms with van der Waals surface area (Å²) in [5.74, 6) is -0.581. The van der Waals surface area contributed by atoms with Crippen molar-refractivity contribution >= 4 is 29.0 Å². The van der Waals surface area contributed by atoms with E-state index in [1.165, 1.54) is 17.0 Å². The van der Waals surface area contributed by atoms with Gasteiger partial charge in [0.15, 0.2) is 0 Å². The van der Waals surface area contributed by atoms with Gasteiger partial charge in [0.2, 0.25) is 0 Å². The van der Waals surface area contributed by atoms with Crippen LogP contribution in [0.3, 0.4) is 0 Å². The number of nitrogens with zero attached hydrogens (tertiary/aromatic N) is 2. The summed E-state index contributed by atoms with van der Waals surface area (Å²) in [5.41, 5.74) is 1.54. The van der Waals surface area contributed by atoms with Gasteiger partial charge in [0.05, 0.1) is 4.91 Å². The molecule has 3 rings (SSSR count). The van der Waals surface area contributed by atoms with E-state index in [1.807, 2.05) is 22.9 Å². The molecular weight excluding hydrogens is 315 g/mol. The van der Waals surface area contributed by atoms with Crippen molar-refractivity contribution in [2.75, 3.05) is 0 Å². The van der Waals surface area contributed by atoms with Crippen LogP contribution in [0.1, 0.15) is 19.5 Å². The molecule has 0 saturated carbocycles. The van der Waals surface area contributed by atoms with Crippen molar-refractivity contribution in [1.82, 2.24) is 9.47 Å². The third kappa shape index (κ3) is 2.94. The normalized spacial score (nSPS) is 16.9. The number of carbonyl (C=O) groups excluding carboxylic acids is 2. The Hall–Kier alpha value is -2.34. The number of hydrogen-bond acceptors (Lipinski definition) is 3. The molecule has 118 valence electrons. The van der Waals surface area contributed by atoms with Gasteiger partial charge in [-0.2, -0.15) is 0 Å². The topological polar surface area (TPSA) is 42.3 Å². The van der Waals surface area contributed by atoms with E-state index < -0.39 is 0 Å². The van der Waals surface area contributed by atoms with E-state index in [-0.39, 0.29) is 23.0 Å². The molecule has 2 amide bonds. The minimum absolute atomic E-state index is 0.169. The van der Waals surface area contributed by atoms with E-state index in [1.54, 1.807) is 32.1 Å². The number of aromatic nitrogens is 1. The van der Waals surface area contributed by atoms with Gasteiger partial charge in [0.25, 0.3) is 11.1 Å². The fraction of sp³-hybridized carbons (Fsp3) is 0.176. The minimum atomic E-state index is -0.305. The summed E-state index contributed by atoms with van der Waals surface area (Å²) in [4.78, 5) is 25.9. The van der Waals surface area contributed by atoms with E-state index in [2.05, 4.69) is 0 Å². The van der Waals surface area contributed by atoms with Gasteiger partial charge >= 0.3 is 0 Å². The van der Waals surface area contributed by atoms with Gasteiger partial charge in [-0.3, -0.25) is 14.5 Å². The van der Waals surface area contributed by atoms with Crippen molar-refractivity contribution < 1.29 is 14.0 Å². The SMILES string of the molecule is CC(C)N1C(=O)SC(=Cc2cccn2-c2ccc(F)cc2)C1=O. The van der Waals surface area contributed by atoms with Crippen molar-refractivity contribution in [2.45, 2.75) is 19.9 Å². The molecule has 0 bridgehead atoms. The third-order valence-corrected chi connectivity index (χ3v) is 4.39. The second kappa shape index (κ2) is 6.04. The highest BCUT2D eigenvalue weighted by Gasteiger charge is 2.36. The Kier molecular flexibility index (Phi) is 4.09. The van der Waals surface area contributed by atoms with Crippen LogP contribution < -0.4 is 0 Å². The molecule has 4 nitrogen and oxygen atoms in total. The van der Waals surface area contributed by atoms with Crippen LogP contribution in [-0.4, -0.2) is 26.7 Å². The van der Waals surface area contributed by atoms with Crippen molar-refractivity contribution in [3.8, 4) is 5.69 Å². The zero-order valence-electron chi connectivity index (χ0n) is 12.7. The molecule has 0 aliphatic carbocycles. The van der Waals surface area contributed by atoms with E-state index in [0.717, 1.165) is 23.1 Å². The van der Waals surface area contributed by atoms with Gasteiger partial charge in [-0.05, 0) is 68.1 Å². The maximum atomic E-state index is 13.1. The first-order valence-electron chi connectivity index (χ1n) is 7.18. The summed E-state index contributed by atoms with van der Waals surface area (Å²) >= 11 is 0.940. The largest absolute Gasteiger partial charge is 0.317 e. The Morgan fingerprint density at radius 1 is 1.13 bits per heavy atom. The number of benzene rings is 1. The van der Waals surface area contributed by atoms with Crippen LogP contribution in [0.4, 0.5) is 9.18 Å². The molecule has 0 atom stereocenters. The summed E-state index contributed by atoms with van der Waals surface area (Å²) in [6, 6.07) is 9.59. The smallest absolute Gasteiger partial charge is 0.293 e. The molecule has 0 unspecified atom stereocenters. The fourth-order valence-corrected chi connectivity index (χ4v) is 3.35. The van der Waals surface area contributed by atoms with E-state index in [0.29, 0.717) is 4.91 Å². The summed E-state index contributed by atoms with van der Waals surface area (Å²) in [7, 11) is 0. The summed E-state index contributed by atoms with van der Waals surface area (Å²) in [6.45, 7) is 3.61. The summed E-state index contributed by atoms with van der Waals surface area (Å²) in [5, 5.41) is -0.254. The fourth-order valence-electron chi connectivity index (χ4n) is 2.41. The summed E-state index contributed by atoms with van der Waals surface area (Å²) < 4.78 is 14.9. The van der Waals surface area contributed by atoms with Crippen LogP contribution in [0.25, 0.3) is 11.8 Å². The average molecular weight is 330 g/mol. The Morgan fingerprint density at radius 2 is 1.83 bits per heavy atom. The first kappa shape index (κ1) is 15.6. The van der Waals surface area contributed by atoms with Crippen molar-refractivity contribution in [3.05, 3.63) is 59.0 Å². The van der Waals surface area contributed by atoms with Crippen LogP contribution in [-0.2, 0) is 4.79 Å². The molecule has 1 aromatic heterocycles. The first-order chi connectivity index (χ1) is 11.0. The van der Waals surface area contributed by atoms with Gasteiger partial charge in [-0.1, -0.05) is 0 Å². The van der Waals surface area contributed by atoms with Crippen LogP contribution in [0, 0.1) is 5.82 Å². The molecule has 1 aliphatic rings. The molecule has 2 heterocycles. The monoisotopic (exact) mass is 330 g/mol. The molecule has 1 aliphatic heterocycles. The number of hydrogen-bond donors (Lipinski definition) is 0. The molecule has 0 radical (unpaired) electrons. The Bertz CT molecular complexity index is 793. The maximum Gasteiger partial charge on any atom is 0.293 e. The summed E-state index contributed by atoms with van der Waals surface area (Å²) in [6.07, 6.45) is 3.52. The molecule has 0 spiro atoms. The van der Waals surface area contributed by atoms with Crippen molar-refractivity contribution in [1.29, 1.82) is 0 Å².